The SMILES string of the molecule is Brc1cncc(CCNC2CC2)c1. The van der Waals surface area contributed by atoms with E-state index >= 15 is 0 Å². The molecule has 1 aliphatic carbocycles. The van der Waals surface area contributed by atoms with Crippen LogP contribution in [0.5, 0.6) is 0 Å². The van der Waals surface area contributed by atoms with Crippen molar-refractivity contribution in [2.45, 2.75) is 25.3 Å². The summed E-state index contributed by atoms with van der Waals surface area (Å²) in [6.07, 6.45) is 7.54. The van der Waals surface area contributed by atoms with Crippen LogP contribution in [-0.2, 0) is 6.42 Å². The summed E-state index contributed by atoms with van der Waals surface area (Å²) in [4.78, 5) is 4.12. The van der Waals surface area contributed by atoms with Gasteiger partial charge in [-0.15, -0.1) is 0 Å². The van der Waals surface area contributed by atoms with Gasteiger partial charge < -0.3 is 5.32 Å². The van der Waals surface area contributed by atoms with Crippen molar-refractivity contribution in [2.24, 2.45) is 0 Å². The summed E-state index contributed by atoms with van der Waals surface area (Å²) in [5.74, 6) is 0. The van der Waals surface area contributed by atoms with Gasteiger partial charge in [-0.25, -0.2) is 0 Å². The summed E-state index contributed by atoms with van der Waals surface area (Å²) in [5, 5.41) is 3.48. The lowest BCUT2D eigenvalue weighted by atomic mass is 10.2. The van der Waals surface area contributed by atoms with Crippen LogP contribution in [0.3, 0.4) is 0 Å². The minimum absolute atomic E-state index is 0.806. The molecule has 0 spiro atoms. The Labute approximate surface area is 86.9 Å². The van der Waals surface area contributed by atoms with Gasteiger partial charge in [-0.05, 0) is 53.4 Å². The van der Waals surface area contributed by atoms with E-state index in [2.05, 4.69) is 32.3 Å². The van der Waals surface area contributed by atoms with Gasteiger partial charge in [0.2, 0.25) is 0 Å². The maximum absolute atomic E-state index is 4.12. The summed E-state index contributed by atoms with van der Waals surface area (Å²) in [5.41, 5.74) is 1.29. The molecule has 70 valence electrons. The second-order valence-corrected chi connectivity index (χ2v) is 4.41. The van der Waals surface area contributed by atoms with Crippen LogP contribution in [0.15, 0.2) is 22.9 Å². The van der Waals surface area contributed by atoms with Crippen molar-refractivity contribution < 1.29 is 0 Å². The Morgan fingerprint density at radius 2 is 2.31 bits per heavy atom. The fraction of sp³-hybridized carbons (Fsp3) is 0.500. The minimum atomic E-state index is 0.806. The first-order chi connectivity index (χ1) is 6.34. The van der Waals surface area contributed by atoms with E-state index < -0.39 is 0 Å². The molecule has 1 aromatic heterocycles. The predicted molar refractivity (Wildman–Crippen MR) is 56.7 cm³/mol. The van der Waals surface area contributed by atoms with Crippen molar-refractivity contribution in [3.8, 4) is 0 Å². The molecule has 0 atom stereocenters. The maximum atomic E-state index is 4.12. The molecule has 2 nitrogen and oxygen atoms in total. The smallest absolute Gasteiger partial charge is 0.0410 e. The molecule has 2 rings (SSSR count). The number of rotatable bonds is 4. The third-order valence-electron chi connectivity index (χ3n) is 2.19. The molecule has 0 amide bonds. The Morgan fingerprint density at radius 1 is 1.46 bits per heavy atom. The number of nitrogens with zero attached hydrogens (tertiary/aromatic N) is 1. The van der Waals surface area contributed by atoms with Crippen molar-refractivity contribution in [1.82, 2.24) is 10.3 Å². The Balaban J connectivity index is 1.79. The van der Waals surface area contributed by atoms with E-state index in [9.17, 15) is 0 Å². The van der Waals surface area contributed by atoms with Crippen LogP contribution in [0.2, 0.25) is 0 Å². The normalized spacial score (nSPS) is 16.1. The summed E-state index contributed by atoms with van der Waals surface area (Å²) in [6, 6.07) is 2.93. The first-order valence-electron chi connectivity index (χ1n) is 4.67. The van der Waals surface area contributed by atoms with Gasteiger partial charge in [0.05, 0.1) is 0 Å². The number of halogens is 1. The summed E-state index contributed by atoms with van der Waals surface area (Å²) >= 11 is 3.41. The van der Waals surface area contributed by atoms with E-state index in [-0.39, 0.29) is 0 Å². The first-order valence-corrected chi connectivity index (χ1v) is 5.47. The molecule has 1 heterocycles. The fourth-order valence-electron chi connectivity index (χ4n) is 1.30. The Morgan fingerprint density at radius 3 is 3.00 bits per heavy atom. The monoisotopic (exact) mass is 240 g/mol. The van der Waals surface area contributed by atoms with Gasteiger partial charge in [0.15, 0.2) is 0 Å². The predicted octanol–water partition coefficient (Wildman–Crippen LogP) is 2.14. The highest BCUT2D eigenvalue weighted by atomic mass is 79.9. The lowest BCUT2D eigenvalue weighted by molar-refractivity contribution is 0.681. The number of hydrogen-bond acceptors (Lipinski definition) is 2. The standard InChI is InChI=1S/C10H13BrN2/c11-9-5-8(6-12-7-9)3-4-13-10-1-2-10/h5-7,10,13H,1-4H2. The molecular formula is C10H13BrN2. The highest BCUT2D eigenvalue weighted by Gasteiger charge is 2.19. The Hall–Kier alpha value is -0.410. The van der Waals surface area contributed by atoms with E-state index in [1.54, 1.807) is 0 Å². The van der Waals surface area contributed by atoms with Crippen molar-refractivity contribution in [3.05, 3.63) is 28.5 Å². The third-order valence-corrected chi connectivity index (χ3v) is 2.62. The van der Waals surface area contributed by atoms with Gasteiger partial charge >= 0.3 is 0 Å². The second kappa shape index (κ2) is 4.20. The fourth-order valence-corrected chi connectivity index (χ4v) is 1.71. The van der Waals surface area contributed by atoms with Gasteiger partial charge in [-0.2, -0.15) is 0 Å². The molecule has 1 aromatic rings. The molecule has 1 N–H and O–H groups in total. The lowest BCUT2D eigenvalue weighted by Gasteiger charge is -2.02. The molecule has 0 unspecified atom stereocenters. The molecule has 1 saturated carbocycles. The maximum Gasteiger partial charge on any atom is 0.0410 e. The van der Waals surface area contributed by atoms with E-state index in [0.29, 0.717) is 0 Å². The van der Waals surface area contributed by atoms with E-state index in [1.807, 2.05) is 12.4 Å². The molecule has 0 radical (unpaired) electrons. The largest absolute Gasteiger partial charge is 0.314 e. The summed E-state index contributed by atoms with van der Waals surface area (Å²) < 4.78 is 1.07. The Bertz CT molecular complexity index is 284. The van der Waals surface area contributed by atoms with Gasteiger partial charge in [0.25, 0.3) is 0 Å². The van der Waals surface area contributed by atoms with E-state index in [0.717, 1.165) is 23.5 Å². The van der Waals surface area contributed by atoms with Crippen molar-refractivity contribution in [1.29, 1.82) is 0 Å². The van der Waals surface area contributed by atoms with Crippen LogP contribution in [-0.4, -0.2) is 17.6 Å². The van der Waals surface area contributed by atoms with Crippen LogP contribution in [0.25, 0.3) is 0 Å². The zero-order valence-corrected chi connectivity index (χ0v) is 9.05. The number of nitrogens with one attached hydrogen (secondary N) is 1. The van der Waals surface area contributed by atoms with E-state index in [4.69, 9.17) is 0 Å². The van der Waals surface area contributed by atoms with Crippen LogP contribution in [0, 0.1) is 0 Å². The summed E-state index contributed by atoms with van der Waals surface area (Å²) in [7, 11) is 0. The molecule has 3 heteroatoms. The van der Waals surface area contributed by atoms with Gasteiger partial charge in [-0.1, -0.05) is 0 Å². The number of pyridine rings is 1. The molecule has 0 aliphatic heterocycles. The topological polar surface area (TPSA) is 24.9 Å². The first kappa shape index (κ1) is 9.16. The molecule has 0 saturated heterocycles. The zero-order chi connectivity index (χ0) is 9.10. The molecular weight excluding hydrogens is 228 g/mol. The van der Waals surface area contributed by atoms with Gasteiger partial charge in [0.1, 0.15) is 0 Å². The Kier molecular flexibility index (Phi) is 2.96. The van der Waals surface area contributed by atoms with Crippen molar-refractivity contribution in [2.75, 3.05) is 6.54 Å². The van der Waals surface area contributed by atoms with Crippen LogP contribution in [0.1, 0.15) is 18.4 Å². The van der Waals surface area contributed by atoms with Crippen LogP contribution < -0.4 is 5.32 Å². The lowest BCUT2D eigenvalue weighted by Crippen LogP contribution is -2.19. The van der Waals surface area contributed by atoms with Gasteiger partial charge in [0, 0.05) is 22.9 Å². The number of aromatic nitrogens is 1. The molecule has 1 aliphatic rings. The molecule has 13 heavy (non-hydrogen) atoms. The van der Waals surface area contributed by atoms with E-state index in [1.165, 1.54) is 18.4 Å². The molecule has 0 bridgehead atoms. The van der Waals surface area contributed by atoms with Crippen molar-refractivity contribution >= 4 is 15.9 Å². The quantitative estimate of drug-likeness (QED) is 0.873. The third kappa shape index (κ3) is 3.08. The van der Waals surface area contributed by atoms with Crippen molar-refractivity contribution in [3.63, 3.8) is 0 Å². The number of hydrogen-bond donors (Lipinski definition) is 1. The van der Waals surface area contributed by atoms with Gasteiger partial charge in [-0.3, -0.25) is 4.98 Å². The second-order valence-electron chi connectivity index (χ2n) is 3.49. The van der Waals surface area contributed by atoms with Crippen LogP contribution >= 0.6 is 15.9 Å². The molecule has 0 aromatic carbocycles. The zero-order valence-electron chi connectivity index (χ0n) is 7.46. The van der Waals surface area contributed by atoms with Crippen LogP contribution in [0.4, 0.5) is 0 Å². The average Bonchev–Trinajstić information content (AvgIpc) is 2.88. The highest BCUT2D eigenvalue weighted by molar-refractivity contribution is 9.10. The summed E-state index contributed by atoms with van der Waals surface area (Å²) in [6.45, 7) is 1.07. The highest BCUT2D eigenvalue weighted by Crippen LogP contribution is 2.18. The minimum Gasteiger partial charge on any atom is -0.314 e. The average molecular weight is 241 g/mol. The molecule has 1 fully saturated rings.